The van der Waals surface area contributed by atoms with E-state index in [0.29, 0.717) is 19.4 Å². The summed E-state index contributed by atoms with van der Waals surface area (Å²) in [6, 6.07) is 5.32. The Kier molecular flexibility index (Phi) is 5.91. The fraction of sp³-hybridized carbons (Fsp3) is 0.467. The molecule has 0 aliphatic heterocycles. The van der Waals surface area contributed by atoms with Gasteiger partial charge in [-0.2, -0.15) is 13.2 Å². The molecule has 0 fully saturated rings. The highest BCUT2D eigenvalue weighted by atomic mass is 19.4. The molecule has 1 rings (SSSR count). The first-order valence-electron chi connectivity index (χ1n) is 6.33. The first-order chi connectivity index (χ1) is 9.00. The van der Waals surface area contributed by atoms with E-state index in [4.69, 9.17) is 6.42 Å². The van der Waals surface area contributed by atoms with E-state index in [1.54, 1.807) is 6.07 Å². The lowest BCUT2D eigenvalue weighted by molar-refractivity contribution is -0.138. The van der Waals surface area contributed by atoms with E-state index in [9.17, 15) is 13.2 Å². The lowest BCUT2D eigenvalue weighted by atomic mass is 9.96. The Labute approximate surface area is 112 Å². The number of halogens is 3. The molecule has 0 radical (unpaired) electrons. The van der Waals surface area contributed by atoms with Crippen LogP contribution >= 0.6 is 0 Å². The van der Waals surface area contributed by atoms with Gasteiger partial charge in [0, 0.05) is 12.5 Å². The molecule has 0 saturated heterocycles. The third-order valence-electron chi connectivity index (χ3n) is 2.86. The van der Waals surface area contributed by atoms with Crippen LogP contribution in [0.1, 0.15) is 43.4 Å². The first-order valence-corrected chi connectivity index (χ1v) is 6.33. The summed E-state index contributed by atoms with van der Waals surface area (Å²) in [4.78, 5) is 0. The van der Waals surface area contributed by atoms with Gasteiger partial charge < -0.3 is 5.32 Å². The molecule has 1 aromatic rings. The van der Waals surface area contributed by atoms with Gasteiger partial charge in [0.25, 0.3) is 0 Å². The highest BCUT2D eigenvalue weighted by Gasteiger charge is 2.34. The standard InChI is InChI=1S/C15H18F3N/c1-3-5-10-14(19-11-4-2)12-8-6-7-9-13(12)15(16,17)18/h1,6-9,14,19H,4-5,10-11H2,2H3. The monoisotopic (exact) mass is 269 g/mol. The topological polar surface area (TPSA) is 12.0 Å². The summed E-state index contributed by atoms with van der Waals surface area (Å²) in [6.07, 6.45) is 2.69. The Morgan fingerprint density at radius 1 is 1.32 bits per heavy atom. The molecule has 19 heavy (non-hydrogen) atoms. The number of rotatable bonds is 6. The molecule has 1 N–H and O–H groups in total. The van der Waals surface area contributed by atoms with Gasteiger partial charge in [-0.15, -0.1) is 12.3 Å². The average molecular weight is 269 g/mol. The molecule has 0 heterocycles. The molecule has 0 aliphatic rings. The minimum atomic E-state index is -4.33. The minimum Gasteiger partial charge on any atom is -0.310 e. The van der Waals surface area contributed by atoms with Crippen molar-refractivity contribution in [3.05, 3.63) is 35.4 Å². The maximum atomic E-state index is 13.0. The molecule has 1 nitrogen and oxygen atoms in total. The van der Waals surface area contributed by atoms with Gasteiger partial charge in [0.2, 0.25) is 0 Å². The highest BCUT2D eigenvalue weighted by Crippen LogP contribution is 2.35. The van der Waals surface area contributed by atoms with Crippen molar-refractivity contribution in [1.82, 2.24) is 5.32 Å². The number of hydrogen-bond donors (Lipinski definition) is 1. The first kappa shape index (κ1) is 15.6. The van der Waals surface area contributed by atoms with Gasteiger partial charge in [-0.1, -0.05) is 25.1 Å². The van der Waals surface area contributed by atoms with E-state index >= 15 is 0 Å². The number of alkyl halides is 3. The van der Waals surface area contributed by atoms with Crippen molar-refractivity contribution in [3.8, 4) is 12.3 Å². The van der Waals surface area contributed by atoms with Crippen molar-refractivity contribution < 1.29 is 13.2 Å². The number of hydrogen-bond acceptors (Lipinski definition) is 1. The van der Waals surface area contributed by atoms with Crippen LogP contribution in [0.25, 0.3) is 0 Å². The summed E-state index contributed by atoms with van der Waals surface area (Å²) >= 11 is 0. The second kappa shape index (κ2) is 7.20. The van der Waals surface area contributed by atoms with Crippen LogP contribution in [0.3, 0.4) is 0 Å². The van der Waals surface area contributed by atoms with Gasteiger partial charge in [-0.3, -0.25) is 0 Å². The molecule has 4 heteroatoms. The van der Waals surface area contributed by atoms with E-state index in [1.165, 1.54) is 12.1 Å². The van der Waals surface area contributed by atoms with Crippen LogP contribution in [0.2, 0.25) is 0 Å². The number of nitrogens with one attached hydrogen (secondary N) is 1. The van der Waals surface area contributed by atoms with Crippen molar-refractivity contribution in [2.45, 2.75) is 38.4 Å². The van der Waals surface area contributed by atoms with Gasteiger partial charge in [0.05, 0.1) is 5.56 Å². The maximum Gasteiger partial charge on any atom is 0.416 e. The van der Waals surface area contributed by atoms with Crippen LogP contribution in [0.15, 0.2) is 24.3 Å². The molecule has 1 atom stereocenters. The van der Waals surface area contributed by atoms with Crippen molar-refractivity contribution in [3.63, 3.8) is 0 Å². The van der Waals surface area contributed by atoms with Gasteiger partial charge >= 0.3 is 6.18 Å². The van der Waals surface area contributed by atoms with Gasteiger partial charge in [-0.25, -0.2) is 0 Å². The molecule has 0 saturated carbocycles. The van der Waals surface area contributed by atoms with Gasteiger partial charge in [0.1, 0.15) is 0 Å². The smallest absolute Gasteiger partial charge is 0.310 e. The second-order valence-corrected chi connectivity index (χ2v) is 4.33. The average Bonchev–Trinajstić information content (AvgIpc) is 2.38. The molecule has 0 aromatic heterocycles. The van der Waals surface area contributed by atoms with Crippen LogP contribution < -0.4 is 5.32 Å². The van der Waals surface area contributed by atoms with E-state index < -0.39 is 11.7 Å². The Hall–Kier alpha value is -1.47. The molecule has 1 aromatic carbocycles. The lowest BCUT2D eigenvalue weighted by Crippen LogP contribution is -2.25. The van der Waals surface area contributed by atoms with Crippen LogP contribution in [-0.4, -0.2) is 6.54 Å². The SMILES string of the molecule is C#CCCC(NCCC)c1ccccc1C(F)(F)F. The Bertz CT molecular complexity index is 432. The van der Waals surface area contributed by atoms with Crippen LogP contribution in [-0.2, 0) is 6.18 Å². The van der Waals surface area contributed by atoms with E-state index in [2.05, 4.69) is 11.2 Å². The van der Waals surface area contributed by atoms with Crippen molar-refractivity contribution in [2.75, 3.05) is 6.54 Å². The van der Waals surface area contributed by atoms with Crippen molar-refractivity contribution >= 4 is 0 Å². The second-order valence-electron chi connectivity index (χ2n) is 4.33. The van der Waals surface area contributed by atoms with Crippen LogP contribution in [0.5, 0.6) is 0 Å². The molecule has 104 valence electrons. The quantitative estimate of drug-likeness (QED) is 0.765. The molecule has 0 amide bonds. The van der Waals surface area contributed by atoms with Crippen LogP contribution in [0, 0.1) is 12.3 Å². The summed E-state index contributed by atoms with van der Waals surface area (Å²) < 4.78 is 39.0. The lowest BCUT2D eigenvalue weighted by Gasteiger charge is -2.22. The Morgan fingerprint density at radius 2 is 2.00 bits per heavy atom. The van der Waals surface area contributed by atoms with Crippen LogP contribution in [0.4, 0.5) is 13.2 Å². The summed E-state index contributed by atoms with van der Waals surface area (Å²) in [5.41, 5.74) is -0.306. The largest absolute Gasteiger partial charge is 0.416 e. The van der Waals surface area contributed by atoms with Gasteiger partial charge in [-0.05, 0) is 31.0 Å². The zero-order valence-electron chi connectivity index (χ0n) is 10.9. The van der Waals surface area contributed by atoms with E-state index in [1.807, 2.05) is 6.92 Å². The normalized spacial score (nSPS) is 13.0. The van der Waals surface area contributed by atoms with E-state index in [-0.39, 0.29) is 11.6 Å². The van der Waals surface area contributed by atoms with Crippen molar-refractivity contribution in [1.29, 1.82) is 0 Å². The third kappa shape index (κ3) is 4.60. The third-order valence-corrected chi connectivity index (χ3v) is 2.86. The van der Waals surface area contributed by atoms with Crippen molar-refractivity contribution in [2.24, 2.45) is 0 Å². The molecular formula is C15H18F3N. The molecule has 0 aliphatic carbocycles. The molecule has 1 unspecified atom stereocenters. The minimum absolute atomic E-state index is 0.277. The maximum absolute atomic E-state index is 13.0. The zero-order valence-corrected chi connectivity index (χ0v) is 10.9. The Balaban J connectivity index is 3.04. The fourth-order valence-electron chi connectivity index (χ4n) is 1.97. The summed E-state index contributed by atoms with van der Waals surface area (Å²) in [5.74, 6) is 2.48. The summed E-state index contributed by atoms with van der Waals surface area (Å²) in [5, 5.41) is 3.14. The summed E-state index contributed by atoms with van der Waals surface area (Å²) in [6.45, 7) is 2.64. The Morgan fingerprint density at radius 3 is 2.58 bits per heavy atom. The zero-order chi connectivity index (χ0) is 14.3. The van der Waals surface area contributed by atoms with E-state index in [0.717, 1.165) is 12.5 Å². The summed E-state index contributed by atoms with van der Waals surface area (Å²) in [7, 11) is 0. The predicted molar refractivity (Wildman–Crippen MR) is 70.5 cm³/mol. The number of benzene rings is 1. The molecular weight excluding hydrogens is 251 g/mol. The number of terminal acetylenes is 1. The molecule has 0 spiro atoms. The predicted octanol–water partition coefficient (Wildman–Crippen LogP) is 4.16. The van der Waals surface area contributed by atoms with Gasteiger partial charge in [0.15, 0.2) is 0 Å². The molecule has 0 bridgehead atoms. The fourth-order valence-corrected chi connectivity index (χ4v) is 1.97. The highest BCUT2D eigenvalue weighted by molar-refractivity contribution is 5.32.